The lowest BCUT2D eigenvalue weighted by atomic mass is 10.2. The number of rotatable bonds is 7. The maximum atomic E-state index is 11.9. The second-order valence-corrected chi connectivity index (χ2v) is 7.27. The molecule has 0 aromatic rings. The van der Waals surface area contributed by atoms with Gasteiger partial charge in [0, 0.05) is 20.0 Å². The molecule has 0 aliphatic rings. The zero-order valence-electron chi connectivity index (χ0n) is 11.5. The highest BCUT2D eigenvalue weighted by atomic mass is 32.2. The molecule has 0 spiro atoms. The van der Waals surface area contributed by atoms with E-state index in [0.717, 1.165) is 0 Å². The molecule has 0 aromatic heterocycles. The summed E-state index contributed by atoms with van der Waals surface area (Å²) >= 11 is 0. The predicted molar refractivity (Wildman–Crippen MR) is 70.6 cm³/mol. The SMILES string of the molecule is CC(C)C(C)S(=O)(=O)CCC(=O)N(C)CCC#N. The largest absolute Gasteiger partial charge is 0.345 e. The van der Waals surface area contributed by atoms with Crippen molar-refractivity contribution in [1.29, 1.82) is 5.26 Å². The van der Waals surface area contributed by atoms with E-state index in [1.165, 1.54) is 4.90 Å². The Balaban J connectivity index is 4.33. The minimum atomic E-state index is -3.22. The highest BCUT2D eigenvalue weighted by Gasteiger charge is 2.25. The number of hydrogen-bond acceptors (Lipinski definition) is 4. The minimum absolute atomic E-state index is 0.0126. The zero-order chi connectivity index (χ0) is 14.3. The summed E-state index contributed by atoms with van der Waals surface area (Å²) in [5, 5.41) is 7.97. The molecular formula is C12H22N2O3S. The van der Waals surface area contributed by atoms with Crippen molar-refractivity contribution >= 4 is 15.7 Å². The standard InChI is InChI=1S/C12H22N2O3S/c1-10(2)11(3)18(16,17)9-6-12(15)14(4)8-5-7-13/h10-11H,5-6,8-9H2,1-4H3. The van der Waals surface area contributed by atoms with Gasteiger partial charge in [0.1, 0.15) is 0 Å². The number of carbonyl (C=O) groups is 1. The number of nitriles is 1. The molecule has 0 aromatic carbocycles. The summed E-state index contributed by atoms with van der Waals surface area (Å²) in [4.78, 5) is 13.0. The Labute approximate surface area is 110 Å². The fourth-order valence-corrected chi connectivity index (χ4v) is 3.02. The summed E-state index contributed by atoms with van der Waals surface area (Å²) in [6.45, 7) is 5.71. The summed E-state index contributed by atoms with van der Waals surface area (Å²) in [7, 11) is -1.64. The topological polar surface area (TPSA) is 78.2 Å². The molecule has 0 aliphatic carbocycles. The van der Waals surface area contributed by atoms with E-state index >= 15 is 0 Å². The van der Waals surface area contributed by atoms with E-state index in [2.05, 4.69) is 0 Å². The smallest absolute Gasteiger partial charge is 0.223 e. The van der Waals surface area contributed by atoms with Crippen LogP contribution in [0.5, 0.6) is 0 Å². The van der Waals surface area contributed by atoms with Crippen molar-refractivity contribution < 1.29 is 13.2 Å². The van der Waals surface area contributed by atoms with Crippen LogP contribution in [0.3, 0.4) is 0 Å². The third-order valence-electron chi connectivity index (χ3n) is 3.09. The van der Waals surface area contributed by atoms with Gasteiger partial charge in [0.2, 0.25) is 5.91 Å². The summed E-state index contributed by atoms with van der Waals surface area (Å²) < 4.78 is 23.8. The molecule has 0 saturated carbocycles. The Kier molecular flexibility index (Phi) is 6.92. The molecule has 1 amide bonds. The van der Waals surface area contributed by atoms with Gasteiger partial charge in [0.25, 0.3) is 0 Å². The van der Waals surface area contributed by atoms with Crippen molar-refractivity contribution in [2.75, 3.05) is 19.3 Å². The number of hydrogen-bond donors (Lipinski definition) is 0. The van der Waals surface area contributed by atoms with Crippen LogP contribution >= 0.6 is 0 Å². The zero-order valence-corrected chi connectivity index (χ0v) is 12.3. The second kappa shape index (κ2) is 7.37. The Hall–Kier alpha value is -1.09. The number of nitrogens with zero attached hydrogens (tertiary/aromatic N) is 2. The molecule has 0 fully saturated rings. The molecule has 1 unspecified atom stereocenters. The van der Waals surface area contributed by atoms with E-state index in [4.69, 9.17) is 5.26 Å². The van der Waals surface area contributed by atoms with Crippen LogP contribution in [0.4, 0.5) is 0 Å². The summed E-state index contributed by atoms with van der Waals surface area (Å²) in [5.74, 6) is -0.312. The monoisotopic (exact) mass is 274 g/mol. The van der Waals surface area contributed by atoms with Gasteiger partial charge in [0.05, 0.1) is 23.5 Å². The molecule has 18 heavy (non-hydrogen) atoms. The number of amides is 1. The Morgan fingerprint density at radius 2 is 1.89 bits per heavy atom. The van der Waals surface area contributed by atoms with Crippen LogP contribution in [0.25, 0.3) is 0 Å². The van der Waals surface area contributed by atoms with Crippen LogP contribution in [-0.2, 0) is 14.6 Å². The van der Waals surface area contributed by atoms with Crippen molar-refractivity contribution in [1.82, 2.24) is 4.90 Å². The molecule has 0 heterocycles. The maximum absolute atomic E-state index is 11.9. The van der Waals surface area contributed by atoms with Crippen molar-refractivity contribution in [3.05, 3.63) is 0 Å². The molecule has 0 aliphatic heterocycles. The number of sulfone groups is 1. The minimum Gasteiger partial charge on any atom is -0.345 e. The van der Waals surface area contributed by atoms with Gasteiger partial charge in [-0.05, 0) is 12.8 Å². The van der Waals surface area contributed by atoms with Crippen LogP contribution in [0.1, 0.15) is 33.6 Å². The van der Waals surface area contributed by atoms with E-state index in [-0.39, 0.29) is 30.4 Å². The van der Waals surface area contributed by atoms with Gasteiger partial charge in [-0.25, -0.2) is 8.42 Å². The Morgan fingerprint density at radius 1 is 1.33 bits per heavy atom. The second-order valence-electron chi connectivity index (χ2n) is 4.79. The van der Waals surface area contributed by atoms with Crippen LogP contribution < -0.4 is 0 Å². The molecular weight excluding hydrogens is 252 g/mol. The Morgan fingerprint density at radius 3 is 2.33 bits per heavy atom. The molecule has 0 saturated heterocycles. The van der Waals surface area contributed by atoms with Crippen molar-refractivity contribution in [2.45, 2.75) is 38.9 Å². The molecule has 0 N–H and O–H groups in total. The molecule has 1 atom stereocenters. The van der Waals surface area contributed by atoms with Crippen molar-refractivity contribution in [3.8, 4) is 6.07 Å². The van der Waals surface area contributed by atoms with Crippen molar-refractivity contribution in [2.24, 2.45) is 5.92 Å². The molecule has 0 bridgehead atoms. The summed E-state index contributed by atoms with van der Waals surface area (Å²) in [5.41, 5.74) is 0. The van der Waals surface area contributed by atoms with E-state index in [1.54, 1.807) is 14.0 Å². The van der Waals surface area contributed by atoms with Crippen LogP contribution in [-0.4, -0.2) is 43.8 Å². The highest BCUT2D eigenvalue weighted by Crippen LogP contribution is 2.13. The third-order valence-corrected chi connectivity index (χ3v) is 5.54. The molecule has 0 rings (SSSR count). The lowest BCUT2D eigenvalue weighted by Crippen LogP contribution is -2.32. The fourth-order valence-electron chi connectivity index (χ4n) is 1.36. The average molecular weight is 274 g/mol. The van der Waals surface area contributed by atoms with E-state index in [9.17, 15) is 13.2 Å². The van der Waals surface area contributed by atoms with Gasteiger partial charge in [-0.2, -0.15) is 5.26 Å². The van der Waals surface area contributed by atoms with E-state index < -0.39 is 15.1 Å². The van der Waals surface area contributed by atoms with Gasteiger partial charge in [-0.1, -0.05) is 13.8 Å². The van der Waals surface area contributed by atoms with Crippen LogP contribution in [0.2, 0.25) is 0 Å². The summed E-state index contributed by atoms with van der Waals surface area (Å²) in [6, 6.07) is 1.95. The lowest BCUT2D eigenvalue weighted by molar-refractivity contribution is -0.129. The first-order valence-electron chi connectivity index (χ1n) is 6.04. The van der Waals surface area contributed by atoms with Gasteiger partial charge < -0.3 is 4.90 Å². The average Bonchev–Trinajstić information content (AvgIpc) is 2.31. The van der Waals surface area contributed by atoms with Gasteiger partial charge >= 0.3 is 0 Å². The molecule has 0 radical (unpaired) electrons. The first-order chi connectivity index (χ1) is 8.22. The normalized spacial score (nSPS) is 13.1. The fraction of sp³-hybridized carbons (Fsp3) is 0.833. The van der Waals surface area contributed by atoms with Gasteiger partial charge in [-0.3, -0.25) is 4.79 Å². The van der Waals surface area contributed by atoms with Crippen LogP contribution in [0.15, 0.2) is 0 Å². The predicted octanol–water partition coefficient (Wildman–Crippen LogP) is 1.21. The number of carbonyl (C=O) groups excluding carboxylic acids is 1. The van der Waals surface area contributed by atoms with E-state index in [1.807, 2.05) is 19.9 Å². The molecule has 104 valence electrons. The van der Waals surface area contributed by atoms with Crippen LogP contribution in [0, 0.1) is 17.2 Å². The highest BCUT2D eigenvalue weighted by molar-refractivity contribution is 7.92. The third kappa shape index (κ3) is 5.50. The molecule has 6 heteroatoms. The van der Waals surface area contributed by atoms with Gasteiger partial charge in [-0.15, -0.1) is 0 Å². The maximum Gasteiger partial charge on any atom is 0.223 e. The summed E-state index contributed by atoms with van der Waals surface area (Å²) in [6.07, 6.45) is 0.249. The Bertz CT molecular complexity index is 410. The van der Waals surface area contributed by atoms with Crippen molar-refractivity contribution in [3.63, 3.8) is 0 Å². The van der Waals surface area contributed by atoms with E-state index in [0.29, 0.717) is 6.54 Å². The first kappa shape index (κ1) is 16.9. The van der Waals surface area contributed by atoms with Gasteiger partial charge in [0.15, 0.2) is 9.84 Å². The molecule has 5 nitrogen and oxygen atoms in total. The lowest BCUT2D eigenvalue weighted by Gasteiger charge is -2.18. The quantitative estimate of drug-likeness (QED) is 0.699. The first-order valence-corrected chi connectivity index (χ1v) is 7.76.